The molecular formula is C12H17N5O2. The van der Waals surface area contributed by atoms with Crippen molar-refractivity contribution in [2.75, 3.05) is 23.7 Å². The second-order valence-electron chi connectivity index (χ2n) is 5.55. The van der Waals surface area contributed by atoms with Crippen LogP contribution >= 0.6 is 0 Å². The predicted molar refractivity (Wildman–Crippen MR) is 70.5 cm³/mol. The Hall–Kier alpha value is -2.18. The largest absolute Gasteiger partial charge is 0.384 e. The van der Waals surface area contributed by atoms with Crippen LogP contribution in [0.3, 0.4) is 0 Å². The van der Waals surface area contributed by atoms with Crippen LogP contribution in [0.15, 0.2) is 6.07 Å². The van der Waals surface area contributed by atoms with E-state index < -0.39 is 0 Å². The van der Waals surface area contributed by atoms with Crippen LogP contribution in [0.5, 0.6) is 0 Å². The van der Waals surface area contributed by atoms with E-state index in [4.69, 9.17) is 5.73 Å². The first-order valence-electron chi connectivity index (χ1n) is 5.98. The maximum absolute atomic E-state index is 11.4. The third-order valence-corrected chi connectivity index (χ3v) is 2.68. The van der Waals surface area contributed by atoms with Crippen LogP contribution in [0.2, 0.25) is 0 Å². The van der Waals surface area contributed by atoms with Crippen LogP contribution in [0.4, 0.5) is 11.6 Å². The van der Waals surface area contributed by atoms with Crippen LogP contribution < -0.4 is 16.0 Å². The summed E-state index contributed by atoms with van der Waals surface area (Å²) in [6, 6.07) is 1.57. The fourth-order valence-electron chi connectivity index (χ4n) is 1.75. The molecule has 102 valence electrons. The third-order valence-electron chi connectivity index (χ3n) is 2.68. The van der Waals surface area contributed by atoms with Gasteiger partial charge in [-0.05, 0) is 0 Å². The molecule has 0 spiro atoms. The van der Waals surface area contributed by atoms with Crippen molar-refractivity contribution in [1.82, 2.24) is 15.3 Å². The van der Waals surface area contributed by atoms with Crippen LogP contribution in [0.25, 0.3) is 0 Å². The fourth-order valence-corrected chi connectivity index (χ4v) is 1.75. The molecule has 1 fully saturated rings. The van der Waals surface area contributed by atoms with E-state index in [1.54, 1.807) is 11.0 Å². The van der Waals surface area contributed by atoms with E-state index in [9.17, 15) is 9.59 Å². The van der Waals surface area contributed by atoms with Crippen LogP contribution in [-0.4, -0.2) is 34.9 Å². The SMILES string of the molecule is CC(C)(C)c1nc(N)cc(N2CC(=O)NC(=O)C2)n1. The molecular weight excluding hydrogens is 246 g/mol. The zero-order chi connectivity index (χ0) is 14.2. The summed E-state index contributed by atoms with van der Waals surface area (Å²) in [5.74, 6) is 0.728. The minimum absolute atomic E-state index is 0.0891. The van der Waals surface area contributed by atoms with Crippen LogP contribution in [0.1, 0.15) is 26.6 Å². The molecule has 2 heterocycles. The molecule has 0 unspecified atom stereocenters. The lowest BCUT2D eigenvalue weighted by molar-refractivity contribution is -0.130. The molecule has 19 heavy (non-hydrogen) atoms. The number of rotatable bonds is 1. The molecule has 1 aliphatic rings. The maximum Gasteiger partial charge on any atom is 0.246 e. The zero-order valence-corrected chi connectivity index (χ0v) is 11.2. The van der Waals surface area contributed by atoms with Crippen molar-refractivity contribution in [2.24, 2.45) is 0 Å². The molecule has 3 N–H and O–H groups in total. The lowest BCUT2D eigenvalue weighted by atomic mass is 9.96. The van der Waals surface area contributed by atoms with E-state index in [0.717, 1.165) is 0 Å². The first-order chi connectivity index (χ1) is 8.75. The van der Waals surface area contributed by atoms with Gasteiger partial charge < -0.3 is 10.6 Å². The highest BCUT2D eigenvalue weighted by atomic mass is 16.2. The predicted octanol–water partition coefficient (Wildman–Crippen LogP) is -0.181. The molecule has 0 saturated carbocycles. The Bertz CT molecular complexity index is 519. The Morgan fingerprint density at radius 3 is 2.32 bits per heavy atom. The summed E-state index contributed by atoms with van der Waals surface area (Å²) in [6.45, 7) is 6.09. The molecule has 7 heteroatoms. The Morgan fingerprint density at radius 1 is 1.21 bits per heavy atom. The molecule has 7 nitrogen and oxygen atoms in total. The summed E-state index contributed by atoms with van der Waals surface area (Å²) in [7, 11) is 0. The average Bonchev–Trinajstić information content (AvgIpc) is 2.25. The number of imide groups is 1. The summed E-state index contributed by atoms with van der Waals surface area (Å²) in [6.07, 6.45) is 0. The number of nitrogens with zero attached hydrogens (tertiary/aromatic N) is 3. The maximum atomic E-state index is 11.4. The third kappa shape index (κ3) is 2.98. The van der Waals surface area contributed by atoms with Gasteiger partial charge in [0.15, 0.2) is 0 Å². The average molecular weight is 263 g/mol. The fraction of sp³-hybridized carbons (Fsp3) is 0.500. The number of hydrogen-bond donors (Lipinski definition) is 2. The molecule has 1 aliphatic heterocycles. The lowest BCUT2D eigenvalue weighted by Gasteiger charge is -2.27. The topological polar surface area (TPSA) is 101 Å². The summed E-state index contributed by atoms with van der Waals surface area (Å²) in [4.78, 5) is 32.9. The van der Waals surface area contributed by atoms with E-state index in [1.165, 1.54) is 0 Å². The van der Waals surface area contributed by atoms with Crippen molar-refractivity contribution >= 4 is 23.5 Å². The molecule has 0 bridgehead atoms. The van der Waals surface area contributed by atoms with Gasteiger partial charge in [-0.15, -0.1) is 0 Å². The normalized spacial score (nSPS) is 16.5. The van der Waals surface area contributed by atoms with Crippen molar-refractivity contribution in [2.45, 2.75) is 26.2 Å². The number of hydrogen-bond acceptors (Lipinski definition) is 6. The van der Waals surface area contributed by atoms with Gasteiger partial charge in [-0.1, -0.05) is 20.8 Å². The standard InChI is InChI=1S/C12H17N5O2/c1-12(2,3)11-14-7(13)4-8(15-11)17-5-9(18)16-10(19)6-17/h4H,5-6H2,1-3H3,(H2,13,14,15)(H,16,18,19). The van der Waals surface area contributed by atoms with Crippen molar-refractivity contribution < 1.29 is 9.59 Å². The summed E-state index contributed by atoms with van der Waals surface area (Å²) in [5.41, 5.74) is 5.51. The van der Waals surface area contributed by atoms with Gasteiger partial charge in [-0.3, -0.25) is 14.9 Å². The second kappa shape index (κ2) is 4.49. The van der Waals surface area contributed by atoms with E-state index in [1.807, 2.05) is 20.8 Å². The highest BCUT2D eigenvalue weighted by Crippen LogP contribution is 2.23. The van der Waals surface area contributed by atoms with Gasteiger partial charge in [0.2, 0.25) is 11.8 Å². The smallest absolute Gasteiger partial charge is 0.246 e. The van der Waals surface area contributed by atoms with Gasteiger partial charge in [-0.2, -0.15) is 0 Å². The Kier molecular flexibility index (Phi) is 3.13. The molecule has 1 aromatic heterocycles. The number of nitrogens with two attached hydrogens (primary N) is 1. The van der Waals surface area contributed by atoms with Gasteiger partial charge in [0.25, 0.3) is 0 Å². The van der Waals surface area contributed by atoms with Crippen molar-refractivity contribution in [3.8, 4) is 0 Å². The molecule has 0 atom stereocenters. The molecule has 2 rings (SSSR count). The van der Waals surface area contributed by atoms with Gasteiger partial charge in [0, 0.05) is 11.5 Å². The molecule has 0 aromatic carbocycles. The van der Waals surface area contributed by atoms with Crippen molar-refractivity contribution in [3.63, 3.8) is 0 Å². The minimum Gasteiger partial charge on any atom is -0.384 e. The Labute approximate surface area is 111 Å². The number of aromatic nitrogens is 2. The van der Waals surface area contributed by atoms with E-state index in [0.29, 0.717) is 17.5 Å². The summed E-state index contributed by atoms with van der Waals surface area (Å²) < 4.78 is 0. The highest BCUT2D eigenvalue weighted by molar-refractivity contribution is 6.02. The number of amides is 2. The van der Waals surface area contributed by atoms with E-state index >= 15 is 0 Å². The molecule has 2 amide bonds. The first-order valence-corrected chi connectivity index (χ1v) is 5.98. The lowest BCUT2D eigenvalue weighted by Crippen LogP contribution is -2.51. The Morgan fingerprint density at radius 2 is 1.79 bits per heavy atom. The second-order valence-corrected chi connectivity index (χ2v) is 5.55. The molecule has 0 aliphatic carbocycles. The number of piperazine rings is 1. The number of nitrogens with one attached hydrogen (secondary N) is 1. The van der Waals surface area contributed by atoms with Gasteiger partial charge in [-0.25, -0.2) is 9.97 Å². The Balaban J connectivity index is 2.37. The van der Waals surface area contributed by atoms with Crippen molar-refractivity contribution in [1.29, 1.82) is 0 Å². The quantitative estimate of drug-likeness (QED) is 0.681. The van der Waals surface area contributed by atoms with Crippen molar-refractivity contribution in [3.05, 3.63) is 11.9 Å². The summed E-state index contributed by atoms with van der Waals surface area (Å²) >= 11 is 0. The van der Waals surface area contributed by atoms with Gasteiger partial charge in [0.05, 0.1) is 13.1 Å². The highest BCUT2D eigenvalue weighted by Gasteiger charge is 2.26. The zero-order valence-electron chi connectivity index (χ0n) is 11.2. The summed E-state index contributed by atoms with van der Waals surface area (Å²) in [5, 5.41) is 2.24. The molecule has 1 aromatic rings. The van der Waals surface area contributed by atoms with Crippen LogP contribution in [-0.2, 0) is 15.0 Å². The van der Waals surface area contributed by atoms with E-state index in [-0.39, 0.29) is 30.3 Å². The number of carbonyl (C=O) groups excluding carboxylic acids is 2. The number of carbonyl (C=O) groups is 2. The number of anilines is 2. The molecule has 1 saturated heterocycles. The van der Waals surface area contributed by atoms with Gasteiger partial charge in [0.1, 0.15) is 17.5 Å². The monoisotopic (exact) mass is 263 g/mol. The van der Waals surface area contributed by atoms with Gasteiger partial charge >= 0.3 is 0 Å². The van der Waals surface area contributed by atoms with Crippen LogP contribution in [0, 0.1) is 0 Å². The van der Waals surface area contributed by atoms with E-state index in [2.05, 4.69) is 15.3 Å². The minimum atomic E-state index is -0.342. The first kappa shape index (κ1) is 13.3. The molecule has 0 radical (unpaired) electrons. The number of nitrogen functional groups attached to an aromatic ring is 1.